The number of benzene rings is 1. The fourth-order valence-corrected chi connectivity index (χ4v) is 5.32. The van der Waals surface area contributed by atoms with Crippen LogP contribution in [-0.4, -0.2) is 56.1 Å². The summed E-state index contributed by atoms with van der Waals surface area (Å²) >= 11 is 1.72. The molecule has 1 saturated heterocycles. The summed E-state index contributed by atoms with van der Waals surface area (Å²) in [5.41, 5.74) is 2.61. The van der Waals surface area contributed by atoms with E-state index < -0.39 is 0 Å². The minimum Gasteiger partial charge on any atom is -0.493 e. The van der Waals surface area contributed by atoms with E-state index in [0.29, 0.717) is 0 Å². The second-order valence-electron chi connectivity index (χ2n) is 7.52. The van der Waals surface area contributed by atoms with E-state index >= 15 is 0 Å². The van der Waals surface area contributed by atoms with Gasteiger partial charge in [0.15, 0.2) is 11.5 Å². The van der Waals surface area contributed by atoms with Crippen molar-refractivity contribution < 1.29 is 14.3 Å². The lowest BCUT2D eigenvalue weighted by atomic mass is 9.99. The lowest BCUT2D eigenvalue weighted by molar-refractivity contribution is 0.0633. The predicted molar refractivity (Wildman–Crippen MR) is 112 cm³/mol. The van der Waals surface area contributed by atoms with Gasteiger partial charge in [0.1, 0.15) is 0 Å². The van der Waals surface area contributed by atoms with Crippen molar-refractivity contribution in [3.05, 3.63) is 45.1 Å². The van der Waals surface area contributed by atoms with Crippen LogP contribution in [0, 0.1) is 0 Å². The van der Waals surface area contributed by atoms with Crippen LogP contribution in [0.3, 0.4) is 0 Å². The molecule has 0 unspecified atom stereocenters. The third-order valence-electron chi connectivity index (χ3n) is 5.72. The van der Waals surface area contributed by atoms with Gasteiger partial charge in [0.2, 0.25) is 0 Å². The highest BCUT2D eigenvalue weighted by Gasteiger charge is 2.25. The van der Waals surface area contributed by atoms with Crippen LogP contribution in [0.2, 0.25) is 0 Å². The third kappa shape index (κ3) is 4.03. The minimum atomic E-state index is 0.213. The molecule has 2 heterocycles. The van der Waals surface area contributed by atoms with Crippen LogP contribution in [0.5, 0.6) is 11.5 Å². The zero-order chi connectivity index (χ0) is 19.5. The topological polar surface area (TPSA) is 42.0 Å². The number of ether oxygens (including phenoxy) is 2. The fraction of sp³-hybridized carbons (Fsp3) is 0.500. The van der Waals surface area contributed by atoms with Crippen LogP contribution in [0.15, 0.2) is 24.3 Å². The highest BCUT2D eigenvalue weighted by atomic mass is 32.1. The zero-order valence-electron chi connectivity index (χ0n) is 16.7. The van der Waals surface area contributed by atoms with Crippen LogP contribution < -0.4 is 9.47 Å². The molecule has 1 amide bonds. The molecule has 2 aliphatic rings. The lowest BCUT2D eigenvalue weighted by Gasteiger charge is -2.34. The summed E-state index contributed by atoms with van der Waals surface area (Å²) in [4.78, 5) is 19.7. The Morgan fingerprint density at radius 1 is 1.00 bits per heavy atom. The van der Waals surface area contributed by atoms with Crippen molar-refractivity contribution in [1.29, 1.82) is 0 Å². The van der Waals surface area contributed by atoms with Gasteiger partial charge in [-0.15, -0.1) is 11.3 Å². The Labute approximate surface area is 170 Å². The molecule has 28 heavy (non-hydrogen) atoms. The maximum atomic E-state index is 12.9. The largest absolute Gasteiger partial charge is 0.493 e. The van der Waals surface area contributed by atoms with E-state index in [-0.39, 0.29) is 5.91 Å². The molecule has 1 aromatic heterocycles. The van der Waals surface area contributed by atoms with E-state index in [1.807, 2.05) is 17.0 Å². The summed E-state index contributed by atoms with van der Waals surface area (Å²) < 4.78 is 10.7. The number of hydrogen-bond donors (Lipinski definition) is 0. The molecule has 0 atom stereocenters. The number of thiophene rings is 1. The zero-order valence-corrected chi connectivity index (χ0v) is 17.5. The number of amides is 1. The molecule has 0 bridgehead atoms. The molecule has 0 radical (unpaired) electrons. The minimum absolute atomic E-state index is 0.213. The average molecular weight is 401 g/mol. The van der Waals surface area contributed by atoms with E-state index in [1.54, 1.807) is 25.6 Å². The number of carbonyl (C=O) groups excluding carboxylic acids is 1. The summed E-state index contributed by atoms with van der Waals surface area (Å²) in [7, 11) is 3.31. The quantitative estimate of drug-likeness (QED) is 0.769. The molecule has 1 fully saturated rings. The van der Waals surface area contributed by atoms with Crippen molar-refractivity contribution in [3.63, 3.8) is 0 Å². The summed E-state index contributed by atoms with van der Waals surface area (Å²) in [5, 5.41) is 0. The Hall–Kier alpha value is -2.05. The molecule has 4 rings (SSSR count). The van der Waals surface area contributed by atoms with Crippen molar-refractivity contribution in [3.8, 4) is 11.5 Å². The van der Waals surface area contributed by atoms with Gasteiger partial charge in [-0.1, -0.05) is 6.07 Å². The summed E-state index contributed by atoms with van der Waals surface area (Å²) in [6, 6.07) is 8.21. The van der Waals surface area contributed by atoms with E-state index in [9.17, 15) is 4.79 Å². The van der Waals surface area contributed by atoms with Gasteiger partial charge in [0, 0.05) is 37.6 Å². The predicted octanol–water partition coefficient (Wildman–Crippen LogP) is 3.60. The van der Waals surface area contributed by atoms with Crippen LogP contribution in [0.25, 0.3) is 0 Å². The van der Waals surface area contributed by atoms with Gasteiger partial charge < -0.3 is 14.4 Å². The maximum absolute atomic E-state index is 12.9. The van der Waals surface area contributed by atoms with Gasteiger partial charge in [-0.05, 0) is 55.0 Å². The number of rotatable bonds is 5. The first-order valence-electron chi connectivity index (χ1n) is 10.0. The average Bonchev–Trinajstić information content (AvgIpc) is 3.18. The first kappa shape index (κ1) is 19.3. The van der Waals surface area contributed by atoms with Crippen molar-refractivity contribution in [1.82, 2.24) is 9.80 Å². The van der Waals surface area contributed by atoms with E-state index in [4.69, 9.17) is 9.47 Å². The van der Waals surface area contributed by atoms with Gasteiger partial charge in [-0.25, -0.2) is 0 Å². The van der Waals surface area contributed by atoms with Crippen LogP contribution in [-0.2, 0) is 19.4 Å². The van der Waals surface area contributed by atoms with Crippen molar-refractivity contribution in [2.45, 2.75) is 32.2 Å². The standard InChI is InChI=1S/C22H28N2O3S/c1-26-18-8-7-16(13-19(18)27-2)15-23-9-11-24(12-10-23)22(25)21-14-17-5-3-4-6-20(17)28-21/h7-8,13-14H,3-6,9-12,15H2,1-2H3. The second-order valence-corrected chi connectivity index (χ2v) is 8.66. The Balaban J connectivity index is 1.34. The Bertz CT molecular complexity index is 817. The number of aryl methyl sites for hydroxylation is 2. The molecule has 2 aromatic rings. The van der Waals surface area contributed by atoms with Crippen LogP contribution in [0.1, 0.15) is 38.5 Å². The number of fused-ring (bicyclic) bond motifs is 1. The van der Waals surface area contributed by atoms with E-state index in [2.05, 4.69) is 17.0 Å². The number of methoxy groups -OCH3 is 2. The molecule has 1 aliphatic heterocycles. The SMILES string of the molecule is COc1ccc(CN2CCN(C(=O)c3cc4c(s3)CCCC4)CC2)cc1OC. The molecule has 1 aromatic carbocycles. The highest BCUT2D eigenvalue weighted by Crippen LogP contribution is 2.31. The fourth-order valence-electron chi connectivity index (χ4n) is 4.10. The first-order chi connectivity index (χ1) is 13.7. The Kier molecular flexibility index (Phi) is 5.87. The molecule has 0 saturated carbocycles. The molecule has 5 nitrogen and oxygen atoms in total. The molecule has 1 aliphatic carbocycles. The molecular formula is C22H28N2O3S. The number of nitrogens with zero attached hydrogens (tertiary/aromatic N) is 2. The third-order valence-corrected chi connectivity index (χ3v) is 6.95. The van der Waals surface area contributed by atoms with Crippen LogP contribution >= 0.6 is 11.3 Å². The molecular weight excluding hydrogens is 372 g/mol. The molecule has 0 spiro atoms. The van der Waals surface area contributed by atoms with Gasteiger partial charge >= 0.3 is 0 Å². The smallest absolute Gasteiger partial charge is 0.264 e. The van der Waals surface area contributed by atoms with Crippen molar-refractivity contribution >= 4 is 17.2 Å². The van der Waals surface area contributed by atoms with Gasteiger partial charge in [-0.3, -0.25) is 9.69 Å². The summed E-state index contributed by atoms with van der Waals surface area (Å²) in [5.74, 6) is 1.72. The first-order valence-corrected chi connectivity index (χ1v) is 10.8. The van der Waals surface area contributed by atoms with E-state index in [0.717, 1.165) is 61.9 Å². The molecule has 0 N–H and O–H groups in total. The summed E-state index contributed by atoms with van der Waals surface area (Å²) in [6.07, 6.45) is 4.80. The second kappa shape index (κ2) is 8.53. The highest BCUT2D eigenvalue weighted by molar-refractivity contribution is 7.14. The van der Waals surface area contributed by atoms with Gasteiger partial charge in [-0.2, -0.15) is 0 Å². The lowest BCUT2D eigenvalue weighted by Crippen LogP contribution is -2.48. The van der Waals surface area contributed by atoms with Crippen LogP contribution in [0.4, 0.5) is 0 Å². The number of carbonyl (C=O) groups is 1. The van der Waals surface area contributed by atoms with Gasteiger partial charge in [0.25, 0.3) is 5.91 Å². The van der Waals surface area contributed by atoms with Crippen molar-refractivity contribution in [2.75, 3.05) is 40.4 Å². The van der Waals surface area contributed by atoms with Crippen molar-refractivity contribution in [2.24, 2.45) is 0 Å². The monoisotopic (exact) mass is 400 g/mol. The van der Waals surface area contributed by atoms with E-state index in [1.165, 1.54) is 28.8 Å². The Morgan fingerprint density at radius 3 is 2.46 bits per heavy atom. The van der Waals surface area contributed by atoms with Gasteiger partial charge in [0.05, 0.1) is 19.1 Å². The Morgan fingerprint density at radius 2 is 1.75 bits per heavy atom. The normalized spacial score (nSPS) is 17.3. The number of piperazine rings is 1. The molecule has 150 valence electrons. The molecule has 6 heteroatoms. The summed E-state index contributed by atoms with van der Waals surface area (Å²) in [6.45, 7) is 4.22. The number of hydrogen-bond acceptors (Lipinski definition) is 5. The maximum Gasteiger partial charge on any atom is 0.264 e.